The first-order valence-corrected chi connectivity index (χ1v) is 5.90. The first-order chi connectivity index (χ1) is 6.52. The summed E-state index contributed by atoms with van der Waals surface area (Å²) >= 11 is 0. The van der Waals surface area contributed by atoms with E-state index in [4.69, 9.17) is 0 Å². The molecule has 0 spiro atoms. The van der Waals surface area contributed by atoms with Crippen molar-refractivity contribution in [1.29, 1.82) is 0 Å². The van der Waals surface area contributed by atoms with Gasteiger partial charge in [0, 0.05) is 6.04 Å². The fourth-order valence-corrected chi connectivity index (χ4v) is 1.47. The molecule has 0 aliphatic carbocycles. The summed E-state index contributed by atoms with van der Waals surface area (Å²) in [6, 6.07) is 0.660. The van der Waals surface area contributed by atoms with E-state index in [-0.39, 0.29) is 0 Å². The van der Waals surface area contributed by atoms with E-state index >= 15 is 0 Å². The second-order valence-corrected chi connectivity index (χ2v) is 4.89. The van der Waals surface area contributed by atoms with Crippen molar-refractivity contribution in [3.05, 3.63) is 12.2 Å². The molecule has 0 fully saturated rings. The van der Waals surface area contributed by atoms with Crippen LogP contribution in [0.1, 0.15) is 53.4 Å². The first kappa shape index (κ1) is 13.7. The molecule has 84 valence electrons. The van der Waals surface area contributed by atoms with Crippen LogP contribution >= 0.6 is 0 Å². The Bertz CT molecular complexity index is 149. The Morgan fingerprint density at radius 2 is 1.86 bits per heavy atom. The summed E-state index contributed by atoms with van der Waals surface area (Å²) in [6.45, 7) is 13.9. The highest BCUT2D eigenvalue weighted by atomic mass is 14.9. The molecule has 0 aromatic carbocycles. The zero-order valence-corrected chi connectivity index (χ0v) is 10.4. The summed E-state index contributed by atoms with van der Waals surface area (Å²) in [6.07, 6.45) is 5.11. The van der Waals surface area contributed by atoms with E-state index in [0.717, 1.165) is 18.9 Å². The van der Waals surface area contributed by atoms with Crippen LogP contribution < -0.4 is 5.32 Å². The zero-order valence-electron chi connectivity index (χ0n) is 10.4. The minimum atomic E-state index is 0.660. The maximum Gasteiger partial charge on any atom is 0.00388 e. The molecule has 0 saturated carbocycles. The topological polar surface area (TPSA) is 12.0 Å². The minimum absolute atomic E-state index is 0.660. The lowest BCUT2D eigenvalue weighted by atomic mass is 10.0. The van der Waals surface area contributed by atoms with Crippen molar-refractivity contribution in [2.24, 2.45) is 5.92 Å². The Morgan fingerprint density at radius 3 is 2.36 bits per heavy atom. The molecule has 0 aromatic heterocycles. The monoisotopic (exact) mass is 197 g/mol. The molecule has 0 amide bonds. The van der Waals surface area contributed by atoms with Crippen LogP contribution in [0.25, 0.3) is 0 Å². The molecule has 1 atom stereocenters. The molecule has 0 radical (unpaired) electrons. The number of hydrogen-bond acceptors (Lipinski definition) is 1. The van der Waals surface area contributed by atoms with Crippen molar-refractivity contribution in [2.75, 3.05) is 6.54 Å². The number of hydrogen-bond donors (Lipinski definition) is 1. The molecule has 1 heteroatoms. The van der Waals surface area contributed by atoms with Gasteiger partial charge in [-0.1, -0.05) is 32.3 Å². The molecule has 1 N–H and O–H groups in total. The van der Waals surface area contributed by atoms with Crippen LogP contribution in [0.2, 0.25) is 0 Å². The number of nitrogens with one attached hydrogen (secondary N) is 1. The van der Waals surface area contributed by atoms with Gasteiger partial charge in [0.15, 0.2) is 0 Å². The molecule has 1 nitrogen and oxygen atoms in total. The largest absolute Gasteiger partial charge is 0.314 e. The molecule has 0 aliphatic heterocycles. The van der Waals surface area contributed by atoms with Gasteiger partial charge in [0.05, 0.1) is 0 Å². The Hall–Kier alpha value is -0.300. The molecule has 0 rings (SSSR count). The van der Waals surface area contributed by atoms with Crippen LogP contribution in [0.3, 0.4) is 0 Å². The van der Waals surface area contributed by atoms with Crippen LogP contribution in [0.5, 0.6) is 0 Å². The van der Waals surface area contributed by atoms with Crippen LogP contribution in [0.4, 0.5) is 0 Å². The highest BCUT2D eigenvalue weighted by molar-refractivity contribution is 4.88. The quantitative estimate of drug-likeness (QED) is 0.584. The predicted molar refractivity (Wildman–Crippen MR) is 65.6 cm³/mol. The lowest BCUT2D eigenvalue weighted by Crippen LogP contribution is -2.27. The molecule has 1 unspecified atom stereocenters. The van der Waals surface area contributed by atoms with Crippen molar-refractivity contribution < 1.29 is 0 Å². The Morgan fingerprint density at radius 1 is 1.21 bits per heavy atom. The van der Waals surface area contributed by atoms with Gasteiger partial charge in [-0.05, 0) is 39.2 Å². The maximum atomic E-state index is 3.90. The summed E-state index contributed by atoms with van der Waals surface area (Å²) in [5.41, 5.74) is 1.27. The molecule has 0 aliphatic rings. The van der Waals surface area contributed by atoms with Crippen molar-refractivity contribution in [1.82, 2.24) is 5.32 Å². The zero-order chi connectivity index (χ0) is 11.0. The van der Waals surface area contributed by atoms with Crippen molar-refractivity contribution in [3.8, 4) is 0 Å². The van der Waals surface area contributed by atoms with Crippen LogP contribution in [-0.4, -0.2) is 12.6 Å². The smallest absolute Gasteiger partial charge is 0.00388 e. The lowest BCUT2D eigenvalue weighted by molar-refractivity contribution is 0.459. The SMILES string of the molecule is C=C(C)CCNC(C)CCCC(C)C. The van der Waals surface area contributed by atoms with Gasteiger partial charge < -0.3 is 5.32 Å². The van der Waals surface area contributed by atoms with Gasteiger partial charge in [0.1, 0.15) is 0 Å². The summed E-state index contributed by atoms with van der Waals surface area (Å²) in [5, 5.41) is 3.53. The summed E-state index contributed by atoms with van der Waals surface area (Å²) in [5.74, 6) is 0.845. The van der Waals surface area contributed by atoms with Crippen molar-refractivity contribution >= 4 is 0 Å². The van der Waals surface area contributed by atoms with Crippen LogP contribution in [0.15, 0.2) is 12.2 Å². The van der Waals surface area contributed by atoms with E-state index in [0.29, 0.717) is 6.04 Å². The highest BCUT2D eigenvalue weighted by Crippen LogP contribution is 2.08. The molecule has 0 bridgehead atoms. The van der Waals surface area contributed by atoms with Crippen molar-refractivity contribution in [3.63, 3.8) is 0 Å². The number of rotatable bonds is 8. The minimum Gasteiger partial charge on any atom is -0.314 e. The second kappa shape index (κ2) is 8.05. The fourth-order valence-electron chi connectivity index (χ4n) is 1.47. The van der Waals surface area contributed by atoms with Gasteiger partial charge >= 0.3 is 0 Å². The molecule has 0 heterocycles. The standard InChI is InChI=1S/C13H27N/c1-11(2)7-6-8-13(5)14-10-9-12(3)4/h11,13-14H,3,6-10H2,1-2,4-5H3. The van der Waals surface area contributed by atoms with Gasteiger partial charge in [0.2, 0.25) is 0 Å². The van der Waals surface area contributed by atoms with E-state index in [2.05, 4.69) is 39.6 Å². The second-order valence-electron chi connectivity index (χ2n) is 4.89. The van der Waals surface area contributed by atoms with Gasteiger partial charge in [-0.15, -0.1) is 6.58 Å². The first-order valence-electron chi connectivity index (χ1n) is 5.90. The molecule has 14 heavy (non-hydrogen) atoms. The summed E-state index contributed by atoms with van der Waals surface area (Å²) < 4.78 is 0. The van der Waals surface area contributed by atoms with Crippen molar-refractivity contribution in [2.45, 2.75) is 59.4 Å². The average Bonchev–Trinajstić information content (AvgIpc) is 2.02. The van der Waals surface area contributed by atoms with Gasteiger partial charge in [-0.2, -0.15) is 0 Å². The van der Waals surface area contributed by atoms with Crippen LogP contribution in [-0.2, 0) is 0 Å². The van der Waals surface area contributed by atoms with Gasteiger partial charge in [-0.3, -0.25) is 0 Å². The predicted octanol–water partition coefficient (Wildman–Crippen LogP) is 3.76. The summed E-state index contributed by atoms with van der Waals surface area (Å²) in [7, 11) is 0. The van der Waals surface area contributed by atoms with E-state index in [1.807, 2.05) is 0 Å². The Balaban J connectivity index is 3.27. The van der Waals surface area contributed by atoms with Gasteiger partial charge in [-0.25, -0.2) is 0 Å². The molecular weight excluding hydrogens is 170 g/mol. The third kappa shape index (κ3) is 9.79. The summed E-state index contributed by atoms with van der Waals surface area (Å²) in [4.78, 5) is 0. The third-order valence-corrected chi connectivity index (χ3v) is 2.46. The third-order valence-electron chi connectivity index (χ3n) is 2.46. The molecule has 0 saturated heterocycles. The molecule has 0 aromatic rings. The van der Waals surface area contributed by atoms with Gasteiger partial charge in [0.25, 0.3) is 0 Å². The van der Waals surface area contributed by atoms with E-state index < -0.39 is 0 Å². The van der Waals surface area contributed by atoms with E-state index in [1.54, 1.807) is 0 Å². The molecular formula is C13H27N. The maximum absolute atomic E-state index is 3.90. The van der Waals surface area contributed by atoms with E-state index in [9.17, 15) is 0 Å². The highest BCUT2D eigenvalue weighted by Gasteiger charge is 2.01. The average molecular weight is 197 g/mol. The normalized spacial score (nSPS) is 13.2. The Kier molecular flexibility index (Phi) is 7.87. The Labute approximate surface area is 90.0 Å². The fraction of sp³-hybridized carbons (Fsp3) is 0.846. The van der Waals surface area contributed by atoms with E-state index in [1.165, 1.54) is 24.8 Å². The van der Waals surface area contributed by atoms with Crippen LogP contribution in [0, 0.1) is 5.92 Å². The lowest BCUT2D eigenvalue weighted by Gasteiger charge is -2.14.